The van der Waals surface area contributed by atoms with E-state index in [-0.39, 0.29) is 37.3 Å². The Kier molecular flexibility index (Phi) is 19.5. The van der Waals surface area contributed by atoms with Crippen LogP contribution in [0, 0.1) is 132 Å². The van der Waals surface area contributed by atoms with Gasteiger partial charge in [0, 0.05) is 37.3 Å². The number of hydrogen-bond donors (Lipinski definition) is 0. The zero-order valence-corrected chi connectivity index (χ0v) is 17.8. The van der Waals surface area contributed by atoms with Gasteiger partial charge in [-0.15, -0.1) is 0 Å². The summed E-state index contributed by atoms with van der Waals surface area (Å²) in [5.74, 6) is 4.40. The molecule has 1 heteroatoms. The molecule has 0 heterocycles. The second-order valence-corrected chi connectivity index (χ2v) is 6.13. The van der Waals surface area contributed by atoms with Crippen LogP contribution in [-0.2, 0) is 0 Å². The smallest absolute Gasteiger partial charge is 0 e. The summed E-state index contributed by atoms with van der Waals surface area (Å²) in [7, 11) is 0. The molecule has 0 amide bonds. The van der Waals surface area contributed by atoms with Crippen LogP contribution in [0.2, 0.25) is 0 Å². The van der Waals surface area contributed by atoms with Gasteiger partial charge in [0.1, 0.15) is 0 Å². The first kappa shape index (κ1) is 26.2. The third kappa shape index (κ3) is 14.0. The van der Waals surface area contributed by atoms with E-state index >= 15 is 0 Å². The van der Waals surface area contributed by atoms with Gasteiger partial charge in [-0.2, -0.15) is 0 Å². The van der Waals surface area contributed by atoms with Gasteiger partial charge in [-0.3, -0.25) is 0 Å². The normalized spacial score (nSPS) is 21.2. The zero-order valence-electron chi connectivity index (χ0n) is 16.0. The first-order valence-electron chi connectivity index (χ1n) is 9.41. The molecule has 0 nitrogen and oxygen atoms in total. The second kappa shape index (κ2) is 18.6. The molecule has 0 aromatic carbocycles. The Hall–Kier alpha value is 1.25. The van der Waals surface area contributed by atoms with Gasteiger partial charge in [0.25, 0.3) is 0 Å². The Bertz CT molecular complexity index is 202. The predicted octanol–water partition coefficient (Wildman–Crippen LogP) is 6.58. The van der Waals surface area contributed by atoms with Crippen LogP contribution in [0.15, 0.2) is 0 Å². The fraction of sp³-hybridized carbons (Fsp3) is 0.375. The Balaban J connectivity index is 0.000000339. The van der Waals surface area contributed by atoms with Crippen LogP contribution in [0.25, 0.3) is 0 Å². The maximum atomic E-state index is 2.20. The standard InChI is InChI=1S/3C8H11.Er/c3*1-2-5-8-6-3-4-7-8;/h3*3-4,6-7H,2,5H2,1H3;. The quantitative estimate of drug-likeness (QED) is 0.396. The van der Waals surface area contributed by atoms with Crippen LogP contribution in [0.3, 0.4) is 0 Å². The fourth-order valence-corrected chi connectivity index (χ4v) is 2.61. The molecule has 0 bridgehead atoms. The minimum absolute atomic E-state index is 0. The van der Waals surface area contributed by atoms with Gasteiger partial charge in [-0.05, 0) is 114 Å². The van der Waals surface area contributed by atoms with Crippen molar-refractivity contribution in [2.24, 2.45) is 0 Å². The average Bonchev–Trinajstić information content (AvgIpc) is 3.33. The topological polar surface area (TPSA) is 0 Å². The maximum Gasteiger partial charge on any atom is 0 e. The molecular formula is C24H33Er. The van der Waals surface area contributed by atoms with Gasteiger partial charge in [0.15, 0.2) is 0 Å². The van der Waals surface area contributed by atoms with E-state index in [2.05, 4.69) is 97.8 Å². The van der Waals surface area contributed by atoms with Crippen molar-refractivity contribution in [1.82, 2.24) is 0 Å². The summed E-state index contributed by atoms with van der Waals surface area (Å²) < 4.78 is 0. The Labute approximate surface area is 190 Å². The molecule has 3 rings (SSSR count). The molecular weight excluding hydrogens is 456 g/mol. The van der Waals surface area contributed by atoms with E-state index < -0.39 is 0 Å². The first-order chi connectivity index (χ1) is 11.8. The SMILES string of the molecule is CCC[C]1[CH][CH][CH][CH]1.CCC[C]1[CH][CH][CH][CH]1.CCC[C]1[CH][CH][CH][CH]1.[Er]. The molecule has 3 saturated carbocycles. The third-order valence-electron chi connectivity index (χ3n) is 3.81. The molecule has 0 aromatic heterocycles. The monoisotopic (exact) mass is 487 g/mol. The van der Waals surface area contributed by atoms with Crippen LogP contribution in [0.1, 0.15) is 59.3 Å². The molecule has 0 saturated heterocycles. The van der Waals surface area contributed by atoms with E-state index in [1.165, 1.54) is 56.3 Å². The van der Waals surface area contributed by atoms with E-state index in [9.17, 15) is 0 Å². The molecule has 0 atom stereocenters. The zero-order chi connectivity index (χ0) is 17.5. The summed E-state index contributed by atoms with van der Waals surface area (Å²) >= 11 is 0. The largest absolute Gasteiger partial charge is 0.0654 e. The minimum atomic E-state index is 0. The van der Waals surface area contributed by atoms with Gasteiger partial charge >= 0.3 is 0 Å². The van der Waals surface area contributed by atoms with Gasteiger partial charge < -0.3 is 0 Å². The van der Waals surface area contributed by atoms with Crippen molar-refractivity contribution in [2.45, 2.75) is 59.3 Å². The van der Waals surface area contributed by atoms with Crippen LogP contribution in [0.4, 0.5) is 0 Å². The summed E-state index contributed by atoms with van der Waals surface area (Å²) in [6.45, 7) is 6.60. The van der Waals surface area contributed by atoms with Crippen molar-refractivity contribution in [3.8, 4) is 0 Å². The van der Waals surface area contributed by atoms with Crippen molar-refractivity contribution in [3.05, 3.63) is 94.8 Å². The van der Waals surface area contributed by atoms with Crippen LogP contribution >= 0.6 is 0 Å². The van der Waals surface area contributed by atoms with Gasteiger partial charge in [0.05, 0.1) is 0 Å². The van der Waals surface area contributed by atoms with E-state index in [1.54, 1.807) is 0 Å². The molecule has 3 aliphatic carbocycles. The molecule has 0 N–H and O–H groups in total. The van der Waals surface area contributed by atoms with Crippen LogP contribution in [-0.4, -0.2) is 0 Å². The summed E-state index contributed by atoms with van der Waals surface area (Å²) in [4.78, 5) is 0. The molecule has 141 valence electrons. The fourth-order valence-electron chi connectivity index (χ4n) is 2.61. The number of rotatable bonds is 6. The maximum absolute atomic E-state index is 2.20. The first-order valence-corrected chi connectivity index (χ1v) is 9.41. The summed E-state index contributed by atoms with van der Waals surface area (Å²) in [5.41, 5.74) is 0. The molecule has 25 heavy (non-hydrogen) atoms. The molecule has 0 unspecified atom stereocenters. The second-order valence-electron chi connectivity index (χ2n) is 6.13. The Morgan fingerprint density at radius 3 is 0.800 bits per heavy atom. The Morgan fingerprint density at radius 1 is 0.440 bits per heavy atom. The number of hydrogen-bond acceptors (Lipinski definition) is 0. The van der Waals surface area contributed by atoms with E-state index in [0.717, 1.165) is 0 Å². The third-order valence-corrected chi connectivity index (χ3v) is 3.81. The van der Waals surface area contributed by atoms with Crippen molar-refractivity contribution in [1.29, 1.82) is 0 Å². The predicted molar refractivity (Wildman–Crippen MR) is 106 cm³/mol. The van der Waals surface area contributed by atoms with Gasteiger partial charge in [-0.25, -0.2) is 0 Å². The molecule has 0 aromatic rings. The molecule has 0 aliphatic heterocycles. The van der Waals surface area contributed by atoms with Gasteiger partial charge in [-0.1, -0.05) is 40.0 Å². The van der Waals surface area contributed by atoms with Gasteiger partial charge in [0.2, 0.25) is 0 Å². The summed E-state index contributed by atoms with van der Waals surface area (Å²) in [5, 5.41) is 0. The van der Waals surface area contributed by atoms with Crippen molar-refractivity contribution in [2.75, 3.05) is 0 Å². The van der Waals surface area contributed by atoms with Crippen molar-refractivity contribution in [3.63, 3.8) is 0 Å². The average molecular weight is 489 g/mol. The Morgan fingerprint density at radius 2 is 0.640 bits per heavy atom. The van der Waals surface area contributed by atoms with Crippen LogP contribution in [0.5, 0.6) is 0 Å². The van der Waals surface area contributed by atoms with E-state index in [1.807, 2.05) is 0 Å². The molecule has 3 aliphatic rings. The summed E-state index contributed by atoms with van der Waals surface area (Å²) in [6.07, 6.45) is 33.0. The molecule has 3 fully saturated rings. The van der Waals surface area contributed by atoms with Crippen molar-refractivity contribution >= 4 is 0 Å². The summed E-state index contributed by atoms with van der Waals surface area (Å²) in [6, 6.07) is 0. The minimum Gasteiger partial charge on any atom is -0.0654 e. The molecule has 0 spiro atoms. The van der Waals surface area contributed by atoms with Crippen molar-refractivity contribution < 1.29 is 37.3 Å². The van der Waals surface area contributed by atoms with E-state index in [4.69, 9.17) is 0 Å². The van der Waals surface area contributed by atoms with E-state index in [0.29, 0.717) is 0 Å². The van der Waals surface area contributed by atoms with Crippen LogP contribution < -0.4 is 0 Å². The molecule has 15 radical (unpaired) electrons.